The van der Waals surface area contributed by atoms with Crippen LogP contribution in [0.1, 0.15) is 43.9 Å². The minimum atomic E-state index is -0.235. The fourth-order valence-electron chi connectivity index (χ4n) is 1.98. The van der Waals surface area contributed by atoms with Gasteiger partial charge in [0, 0.05) is 12.1 Å². The lowest BCUT2D eigenvalue weighted by molar-refractivity contribution is -0.123. The highest BCUT2D eigenvalue weighted by atomic mass is 16.2. The Balaban J connectivity index is 1.93. The standard InChI is InChI=1S/C15H19N3O/c1-10(13-5-3-4-12(8-13)9-16)17-11(2)15(19)18-14-6-7-14/h3-5,8,10-11,14,17H,6-7H2,1-2H3,(H,18,19). The van der Waals surface area contributed by atoms with E-state index in [9.17, 15) is 4.79 Å². The maximum atomic E-state index is 11.9. The maximum absolute atomic E-state index is 11.9. The van der Waals surface area contributed by atoms with Gasteiger partial charge in [-0.15, -0.1) is 0 Å². The first-order chi connectivity index (χ1) is 9.10. The van der Waals surface area contributed by atoms with Crippen molar-refractivity contribution in [2.45, 2.75) is 44.8 Å². The zero-order valence-electron chi connectivity index (χ0n) is 11.3. The highest BCUT2D eigenvalue weighted by Crippen LogP contribution is 2.19. The monoisotopic (exact) mass is 257 g/mol. The van der Waals surface area contributed by atoms with E-state index in [4.69, 9.17) is 5.26 Å². The van der Waals surface area contributed by atoms with Gasteiger partial charge in [0.05, 0.1) is 17.7 Å². The number of amides is 1. The van der Waals surface area contributed by atoms with Gasteiger partial charge >= 0.3 is 0 Å². The van der Waals surface area contributed by atoms with E-state index in [1.165, 1.54) is 0 Å². The first-order valence-electron chi connectivity index (χ1n) is 6.66. The Labute approximate surface area is 113 Å². The second kappa shape index (κ2) is 5.85. The van der Waals surface area contributed by atoms with Gasteiger partial charge in [-0.05, 0) is 44.4 Å². The molecular weight excluding hydrogens is 238 g/mol. The highest BCUT2D eigenvalue weighted by molar-refractivity contribution is 5.81. The van der Waals surface area contributed by atoms with Crippen molar-refractivity contribution >= 4 is 5.91 Å². The first-order valence-corrected chi connectivity index (χ1v) is 6.66. The van der Waals surface area contributed by atoms with Crippen LogP contribution < -0.4 is 10.6 Å². The second-order valence-electron chi connectivity index (χ2n) is 5.13. The molecule has 19 heavy (non-hydrogen) atoms. The molecule has 0 radical (unpaired) electrons. The lowest BCUT2D eigenvalue weighted by Gasteiger charge is -2.20. The fourth-order valence-corrected chi connectivity index (χ4v) is 1.98. The quantitative estimate of drug-likeness (QED) is 0.846. The molecule has 4 nitrogen and oxygen atoms in total. The SMILES string of the molecule is CC(NC(C)c1cccc(C#N)c1)C(=O)NC1CC1. The van der Waals surface area contributed by atoms with Crippen molar-refractivity contribution in [1.29, 1.82) is 5.26 Å². The van der Waals surface area contributed by atoms with Gasteiger partial charge in [0.2, 0.25) is 5.91 Å². The van der Waals surface area contributed by atoms with Crippen LogP contribution in [0.4, 0.5) is 0 Å². The number of benzene rings is 1. The van der Waals surface area contributed by atoms with E-state index >= 15 is 0 Å². The Morgan fingerprint density at radius 1 is 1.42 bits per heavy atom. The number of hydrogen-bond acceptors (Lipinski definition) is 3. The van der Waals surface area contributed by atoms with Crippen LogP contribution in [0, 0.1) is 11.3 Å². The van der Waals surface area contributed by atoms with Gasteiger partial charge in [-0.3, -0.25) is 10.1 Å². The van der Waals surface area contributed by atoms with Gasteiger partial charge in [-0.2, -0.15) is 5.26 Å². The molecule has 1 amide bonds. The van der Waals surface area contributed by atoms with Crippen molar-refractivity contribution in [3.05, 3.63) is 35.4 Å². The smallest absolute Gasteiger partial charge is 0.237 e. The molecule has 2 unspecified atom stereocenters. The summed E-state index contributed by atoms with van der Waals surface area (Å²) in [7, 11) is 0. The Morgan fingerprint density at radius 3 is 2.79 bits per heavy atom. The summed E-state index contributed by atoms with van der Waals surface area (Å²) in [6.45, 7) is 3.86. The van der Waals surface area contributed by atoms with Crippen LogP contribution in [0.5, 0.6) is 0 Å². The zero-order chi connectivity index (χ0) is 13.8. The van der Waals surface area contributed by atoms with Crippen molar-refractivity contribution in [3.63, 3.8) is 0 Å². The molecule has 0 aromatic heterocycles. The number of carbonyl (C=O) groups is 1. The molecule has 1 aliphatic carbocycles. The number of hydrogen-bond donors (Lipinski definition) is 2. The molecule has 0 heterocycles. The van der Waals surface area contributed by atoms with Gasteiger partial charge in [0.25, 0.3) is 0 Å². The van der Waals surface area contributed by atoms with Crippen molar-refractivity contribution in [2.24, 2.45) is 0 Å². The molecule has 0 saturated heterocycles. The van der Waals surface area contributed by atoms with E-state index in [1.54, 1.807) is 6.07 Å². The Kier molecular flexibility index (Phi) is 4.18. The molecule has 1 saturated carbocycles. The van der Waals surface area contributed by atoms with Crippen molar-refractivity contribution in [2.75, 3.05) is 0 Å². The molecule has 1 aromatic carbocycles. The van der Waals surface area contributed by atoms with Crippen LogP contribution in [0.15, 0.2) is 24.3 Å². The van der Waals surface area contributed by atoms with Crippen LogP contribution in [0.3, 0.4) is 0 Å². The predicted octanol–water partition coefficient (Wildman–Crippen LogP) is 1.88. The molecule has 4 heteroatoms. The number of nitrogens with zero attached hydrogens (tertiary/aromatic N) is 1. The molecule has 2 N–H and O–H groups in total. The van der Waals surface area contributed by atoms with E-state index < -0.39 is 0 Å². The molecule has 0 spiro atoms. The van der Waals surface area contributed by atoms with Crippen LogP contribution >= 0.6 is 0 Å². The summed E-state index contributed by atoms with van der Waals surface area (Å²) in [5.41, 5.74) is 1.66. The predicted molar refractivity (Wildman–Crippen MR) is 73.3 cm³/mol. The lowest BCUT2D eigenvalue weighted by Crippen LogP contribution is -2.43. The molecule has 100 valence electrons. The summed E-state index contributed by atoms with van der Waals surface area (Å²) in [6.07, 6.45) is 2.19. The minimum absolute atomic E-state index is 0.0354. The number of nitriles is 1. The van der Waals surface area contributed by atoms with Crippen LogP contribution in [-0.4, -0.2) is 18.0 Å². The van der Waals surface area contributed by atoms with Gasteiger partial charge < -0.3 is 5.32 Å². The molecule has 2 atom stereocenters. The maximum Gasteiger partial charge on any atom is 0.237 e. The molecular formula is C15H19N3O. The average Bonchev–Trinajstić information content (AvgIpc) is 3.22. The van der Waals surface area contributed by atoms with E-state index in [2.05, 4.69) is 16.7 Å². The summed E-state index contributed by atoms with van der Waals surface area (Å²) in [6, 6.07) is 9.76. The fraction of sp³-hybridized carbons (Fsp3) is 0.467. The summed E-state index contributed by atoms with van der Waals surface area (Å²) in [5, 5.41) is 15.1. The van der Waals surface area contributed by atoms with Crippen molar-refractivity contribution in [3.8, 4) is 6.07 Å². The van der Waals surface area contributed by atoms with Gasteiger partial charge in [-0.25, -0.2) is 0 Å². The van der Waals surface area contributed by atoms with Crippen molar-refractivity contribution in [1.82, 2.24) is 10.6 Å². The van der Waals surface area contributed by atoms with E-state index in [0.29, 0.717) is 11.6 Å². The lowest BCUT2D eigenvalue weighted by atomic mass is 10.0. The molecule has 0 aliphatic heterocycles. The van der Waals surface area contributed by atoms with E-state index in [1.807, 2.05) is 32.0 Å². The highest BCUT2D eigenvalue weighted by Gasteiger charge is 2.26. The van der Waals surface area contributed by atoms with Crippen molar-refractivity contribution < 1.29 is 4.79 Å². The van der Waals surface area contributed by atoms with Crippen LogP contribution in [0.25, 0.3) is 0 Å². The number of carbonyl (C=O) groups excluding carboxylic acids is 1. The molecule has 0 bridgehead atoms. The zero-order valence-corrected chi connectivity index (χ0v) is 11.3. The largest absolute Gasteiger partial charge is 0.352 e. The topological polar surface area (TPSA) is 64.9 Å². The minimum Gasteiger partial charge on any atom is -0.352 e. The summed E-state index contributed by atoms with van der Waals surface area (Å²) in [5.74, 6) is 0.0470. The second-order valence-corrected chi connectivity index (χ2v) is 5.13. The van der Waals surface area contributed by atoms with Crippen LogP contribution in [-0.2, 0) is 4.79 Å². The first kappa shape index (κ1) is 13.6. The molecule has 1 aliphatic rings. The van der Waals surface area contributed by atoms with Gasteiger partial charge in [0.1, 0.15) is 0 Å². The number of nitrogens with one attached hydrogen (secondary N) is 2. The Hall–Kier alpha value is -1.86. The Morgan fingerprint density at radius 2 is 2.16 bits per heavy atom. The summed E-state index contributed by atoms with van der Waals surface area (Å²) in [4.78, 5) is 11.9. The van der Waals surface area contributed by atoms with Gasteiger partial charge in [0.15, 0.2) is 0 Å². The van der Waals surface area contributed by atoms with Crippen LogP contribution in [0.2, 0.25) is 0 Å². The van der Waals surface area contributed by atoms with E-state index in [0.717, 1.165) is 18.4 Å². The normalized spacial score (nSPS) is 17.3. The third kappa shape index (κ3) is 3.80. The van der Waals surface area contributed by atoms with E-state index in [-0.39, 0.29) is 18.0 Å². The average molecular weight is 257 g/mol. The van der Waals surface area contributed by atoms with Gasteiger partial charge in [-0.1, -0.05) is 12.1 Å². The summed E-state index contributed by atoms with van der Waals surface area (Å²) >= 11 is 0. The summed E-state index contributed by atoms with van der Waals surface area (Å²) < 4.78 is 0. The number of rotatable bonds is 5. The molecule has 2 rings (SSSR count). The third-order valence-electron chi connectivity index (χ3n) is 3.33. The Bertz CT molecular complexity index is 502. The molecule has 1 aromatic rings. The molecule has 1 fully saturated rings. The third-order valence-corrected chi connectivity index (χ3v) is 3.33.